The molecule has 1 aliphatic rings. The minimum Gasteiger partial charge on any atom is -0.392 e. The number of aliphatic hydroxyl groups is 1. The van der Waals surface area contributed by atoms with E-state index in [0.717, 1.165) is 28.1 Å². The lowest BCUT2D eigenvalue weighted by Crippen LogP contribution is -2.23. The Bertz CT molecular complexity index is 971. The van der Waals surface area contributed by atoms with Gasteiger partial charge in [-0.3, -0.25) is 9.78 Å². The van der Waals surface area contributed by atoms with Crippen molar-refractivity contribution in [2.24, 2.45) is 0 Å². The first-order valence-corrected chi connectivity index (χ1v) is 8.30. The Morgan fingerprint density at radius 1 is 1.12 bits per heavy atom. The summed E-state index contributed by atoms with van der Waals surface area (Å²) < 4.78 is 0. The molecule has 1 amide bonds. The number of halogens is 1. The van der Waals surface area contributed by atoms with Crippen LogP contribution in [0.25, 0.3) is 11.3 Å². The van der Waals surface area contributed by atoms with E-state index in [9.17, 15) is 9.90 Å². The van der Waals surface area contributed by atoms with Crippen LogP contribution in [0.1, 0.15) is 21.5 Å². The van der Waals surface area contributed by atoms with Crippen molar-refractivity contribution in [3.05, 3.63) is 82.5 Å². The predicted octanol–water partition coefficient (Wildman–Crippen LogP) is 4.05. The third kappa shape index (κ3) is 2.80. The van der Waals surface area contributed by atoms with Crippen molar-refractivity contribution in [3.63, 3.8) is 0 Å². The number of hydrogen-bond donors (Lipinski definition) is 1. The van der Waals surface area contributed by atoms with Gasteiger partial charge in [-0.1, -0.05) is 35.9 Å². The average molecular weight is 351 g/mol. The first kappa shape index (κ1) is 15.8. The molecule has 4 nitrogen and oxygen atoms in total. The molecule has 2 aromatic carbocycles. The number of rotatable bonds is 3. The molecule has 0 fully saturated rings. The summed E-state index contributed by atoms with van der Waals surface area (Å²) in [6.07, 6.45) is 1.67. The lowest BCUT2D eigenvalue weighted by molar-refractivity contribution is 0.0997. The topological polar surface area (TPSA) is 53.4 Å². The van der Waals surface area contributed by atoms with Crippen LogP contribution >= 0.6 is 11.6 Å². The number of anilines is 1. The summed E-state index contributed by atoms with van der Waals surface area (Å²) in [7, 11) is 0. The van der Waals surface area contributed by atoms with Crippen molar-refractivity contribution in [2.45, 2.75) is 13.2 Å². The fraction of sp³-hybridized carbons (Fsp3) is 0.100. The number of nitrogens with zero attached hydrogens (tertiary/aromatic N) is 2. The summed E-state index contributed by atoms with van der Waals surface area (Å²) in [6, 6.07) is 16.8. The molecule has 0 aliphatic carbocycles. The quantitative estimate of drug-likeness (QED) is 0.775. The zero-order chi connectivity index (χ0) is 17.4. The van der Waals surface area contributed by atoms with Crippen molar-refractivity contribution < 1.29 is 9.90 Å². The predicted molar refractivity (Wildman–Crippen MR) is 97.6 cm³/mol. The van der Waals surface area contributed by atoms with Gasteiger partial charge in [-0.25, -0.2) is 0 Å². The third-order valence-corrected chi connectivity index (χ3v) is 4.66. The van der Waals surface area contributed by atoms with Gasteiger partial charge < -0.3 is 10.0 Å². The highest BCUT2D eigenvalue weighted by Gasteiger charge is 2.30. The molecule has 3 aromatic rings. The Hall–Kier alpha value is -2.69. The standard InChI is InChI=1S/C20H15ClN2O2/c21-17-6-2-4-15-11-23(20(25)19(15)17)16-5-1-3-14(10-16)18-9-13(12-24)7-8-22-18/h1-10,24H,11-12H2. The monoisotopic (exact) mass is 350 g/mol. The van der Waals surface area contributed by atoms with E-state index in [0.29, 0.717) is 17.1 Å². The van der Waals surface area contributed by atoms with Gasteiger partial charge in [-0.15, -0.1) is 0 Å². The van der Waals surface area contributed by atoms with Gasteiger partial charge in [0.25, 0.3) is 5.91 Å². The van der Waals surface area contributed by atoms with Crippen LogP contribution in [-0.4, -0.2) is 16.0 Å². The van der Waals surface area contributed by atoms with Gasteiger partial charge in [0.15, 0.2) is 0 Å². The number of carbonyl (C=O) groups is 1. The molecular weight excluding hydrogens is 336 g/mol. The maximum Gasteiger partial charge on any atom is 0.260 e. The lowest BCUT2D eigenvalue weighted by atomic mass is 10.1. The fourth-order valence-electron chi connectivity index (χ4n) is 3.09. The zero-order valence-corrected chi connectivity index (χ0v) is 14.1. The summed E-state index contributed by atoms with van der Waals surface area (Å²) in [6.45, 7) is 0.468. The second-order valence-electron chi connectivity index (χ2n) is 5.92. The number of fused-ring (bicyclic) bond motifs is 1. The van der Waals surface area contributed by atoms with E-state index in [2.05, 4.69) is 4.98 Å². The van der Waals surface area contributed by atoms with E-state index < -0.39 is 0 Å². The number of aromatic nitrogens is 1. The Labute approximate surface area is 150 Å². The van der Waals surface area contributed by atoms with Gasteiger partial charge >= 0.3 is 0 Å². The van der Waals surface area contributed by atoms with E-state index in [4.69, 9.17) is 11.6 Å². The molecule has 0 saturated carbocycles. The van der Waals surface area contributed by atoms with Crippen LogP contribution in [0.4, 0.5) is 5.69 Å². The van der Waals surface area contributed by atoms with Crippen LogP contribution < -0.4 is 4.90 Å². The van der Waals surface area contributed by atoms with Crippen LogP contribution in [0, 0.1) is 0 Å². The lowest BCUT2D eigenvalue weighted by Gasteiger charge is -2.17. The number of hydrogen-bond acceptors (Lipinski definition) is 3. The highest BCUT2D eigenvalue weighted by Crippen LogP contribution is 2.34. The normalized spacial score (nSPS) is 13.2. The minimum atomic E-state index is -0.0881. The molecule has 1 aliphatic heterocycles. The van der Waals surface area contributed by atoms with E-state index in [1.165, 1.54) is 0 Å². The van der Waals surface area contributed by atoms with Crippen molar-refractivity contribution >= 4 is 23.2 Å². The van der Waals surface area contributed by atoms with Crippen molar-refractivity contribution in [1.29, 1.82) is 0 Å². The summed E-state index contributed by atoms with van der Waals surface area (Å²) in [5.41, 5.74) is 4.76. The summed E-state index contributed by atoms with van der Waals surface area (Å²) in [5, 5.41) is 9.79. The highest BCUT2D eigenvalue weighted by atomic mass is 35.5. The first-order chi connectivity index (χ1) is 12.2. The molecule has 0 spiro atoms. The molecule has 4 rings (SSSR count). The van der Waals surface area contributed by atoms with Crippen LogP contribution in [0.15, 0.2) is 60.8 Å². The zero-order valence-electron chi connectivity index (χ0n) is 13.3. The molecule has 1 N–H and O–H groups in total. The van der Waals surface area contributed by atoms with Crippen LogP contribution in [-0.2, 0) is 13.2 Å². The smallest absolute Gasteiger partial charge is 0.260 e. The van der Waals surface area contributed by atoms with E-state index in [1.54, 1.807) is 23.2 Å². The average Bonchev–Trinajstić information content (AvgIpc) is 3.00. The van der Waals surface area contributed by atoms with Gasteiger partial charge in [0.05, 0.1) is 29.4 Å². The number of amides is 1. The van der Waals surface area contributed by atoms with Gasteiger partial charge in [0, 0.05) is 17.4 Å². The molecule has 5 heteroatoms. The molecule has 0 radical (unpaired) electrons. The van der Waals surface area contributed by atoms with Crippen LogP contribution in [0.2, 0.25) is 5.02 Å². The molecular formula is C20H15ClN2O2. The van der Waals surface area contributed by atoms with E-state index in [-0.39, 0.29) is 12.5 Å². The molecule has 2 heterocycles. The Morgan fingerprint density at radius 3 is 2.76 bits per heavy atom. The largest absolute Gasteiger partial charge is 0.392 e. The number of benzene rings is 2. The molecule has 0 bridgehead atoms. The molecule has 1 aromatic heterocycles. The van der Waals surface area contributed by atoms with Gasteiger partial charge in [0.1, 0.15) is 0 Å². The van der Waals surface area contributed by atoms with E-state index in [1.807, 2.05) is 42.5 Å². The number of aliphatic hydroxyl groups excluding tert-OH is 1. The van der Waals surface area contributed by atoms with Crippen molar-refractivity contribution in [3.8, 4) is 11.3 Å². The molecule has 0 atom stereocenters. The van der Waals surface area contributed by atoms with Gasteiger partial charge in [-0.2, -0.15) is 0 Å². The summed E-state index contributed by atoms with van der Waals surface area (Å²) in [4.78, 5) is 18.8. The third-order valence-electron chi connectivity index (χ3n) is 4.35. The summed E-state index contributed by atoms with van der Waals surface area (Å²) >= 11 is 6.20. The first-order valence-electron chi connectivity index (χ1n) is 7.93. The Kier molecular flexibility index (Phi) is 3.99. The Morgan fingerprint density at radius 2 is 1.96 bits per heavy atom. The van der Waals surface area contributed by atoms with Crippen molar-refractivity contribution in [1.82, 2.24) is 4.98 Å². The van der Waals surface area contributed by atoms with Crippen molar-refractivity contribution in [2.75, 3.05) is 4.90 Å². The fourth-order valence-corrected chi connectivity index (χ4v) is 3.36. The SMILES string of the molecule is O=C1c2c(Cl)cccc2CN1c1cccc(-c2cc(CO)ccn2)c1. The minimum absolute atomic E-state index is 0.0341. The molecule has 25 heavy (non-hydrogen) atoms. The van der Waals surface area contributed by atoms with E-state index >= 15 is 0 Å². The van der Waals surface area contributed by atoms with Crippen LogP contribution in [0.5, 0.6) is 0 Å². The second kappa shape index (κ2) is 6.31. The molecule has 0 saturated heterocycles. The summed E-state index contributed by atoms with van der Waals surface area (Å²) in [5.74, 6) is -0.0881. The van der Waals surface area contributed by atoms with Crippen LogP contribution in [0.3, 0.4) is 0 Å². The molecule has 124 valence electrons. The van der Waals surface area contributed by atoms with Gasteiger partial charge in [0.2, 0.25) is 0 Å². The highest BCUT2D eigenvalue weighted by molar-refractivity contribution is 6.35. The number of pyridine rings is 1. The maximum absolute atomic E-state index is 12.8. The molecule has 0 unspecified atom stereocenters. The van der Waals surface area contributed by atoms with Gasteiger partial charge in [-0.05, 0) is 41.5 Å². The Balaban J connectivity index is 1.71. The second-order valence-corrected chi connectivity index (χ2v) is 6.33. The number of carbonyl (C=O) groups excluding carboxylic acids is 1. The maximum atomic E-state index is 12.8.